The molecule has 0 radical (unpaired) electrons. The van der Waals surface area contributed by atoms with Crippen LogP contribution < -0.4 is 10.9 Å². The highest BCUT2D eigenvalue weighted by molar-refractivity contribution is 5.79. The van der Waals surface area contributed by atoms with Crippen molar-refractivity contribution in [3.63, 3.8) is 0 Å². The van der Waals surface area contributed by atoms with Crippen LogP contribution >= 0.6 is 0 Å². The molecule has 0 aliphatic rings. The number of benzene rings is 2. The van der Waals surface area contributed by atoms with Crippen molar-refractivity contribution < 1.29 is 4.39 Å². The number of hydrogen-bond acceptors (Lipinski definition) is 6. The Hall–Kier alpha value is -4.14. The minimum absolute atomic E-state index is 0.0380. The lowest BCUT2D eigenvalue weighted by atomic mass is 10.1. The second-order valence-corrected chi connectivity index (χ2v) is 7.03. The Morgan fingerprint density at radius 1 is 1.13 bits per heavy atom. The van der Waals surface area contributed by atoms with Gasteiger partial charge in [-0.3, -0.25) is 9.36 Å². The van der Waals surface area contributed by atoms with Crippen LogP contribution in [0.4, 0.5) is 10.3 Å². The van der Waals surface area contributed by atoms with Crippen LogP contribution in [0.25, 0.3) is 27.8 Å². The first kappa shape index (κ1) is 18.9. The quantitative estimate of drug-likeness (QED) is 0.453. The first-order chi connectivity index (χ1) is 15.2. The Morgan fingerprint density at radius 2 is 1.97 bits per heavy atom. The highest BCUT2D eigenvalue weighted by Gasteiger charge is 2.22. The molecule has 154 valence electrons. The molecule has 0 amide bonds. The van der Waals surface area contributed by atoms with Crippen molar-refractivity contribution in [2.75, 3.05) is 5.32 Å². The second-order valence-electron chi connectivity index (χ2n) is 7.03. The Bertz CT molecular complexity index is 1410. The van der Waals surface area contributed by atoms with Gasteiger partial charge in [0.2, 0.25) is 5.95 Å². The van der Waals surface area contributed by atoms with E-state index in [1.165, 1.54) is 17.0 Å². The van der Waals surface area contributed by atoms with Crippen LogP contribution in [0.3, 0.4) is 0 Å². The van der Waals surface area contributed by atoms with Crippen molar-refractivity contribution in [2.45, 2.75) is 19.4 Å². The summed E-state index contributed by atoms with van der Waals surface area (Å²) in [5, 5.41) is 3.26. The van der Waals surface area contributed by atoms with Gasteiger partial charge in [0.15, 0.2) is 5.65 Å². The molecular weight excluding hydrogens is 397 g/mol. The second kappa shape index (κ2) is 7.60. The van der Waals surface area contributed by atoms with Crippen LogP contribution in [-0.4, -0.2) is 29.5 Å². The predicted molar refractivity (Wildman–Crippen MR) is 116 cm³/mol. The number of nitrogens with zero attached hydrogens (tertiary/aromatic N) is 5. The minimum Gasteiger partial charge on any atom is -0.346 e. The number of imidazole rings is 1. The fraction of sp³-hybridized carbons (Fsp3) is 0.136. The molecule has 0 saturated carbocycles. The number of para-hydroxylation sites is 1. The van der Waals surface area contributed by atoms with E-state index in [1.54, 1.807) is 30.5 Å². The molecule has 0 aliphatic heterocycles. The van der Waals surface area contributed by atoms with Crippen molar-refractivity contribution in [3.05, 3.63) is 83.1 Å². The van der Waals surface area contributed by atoms with Gasteiger partial charge in [0.25, 0.3) is 5.56 Å². The summed E-state index contributed by atoms with van der Waals surface area (Å²) in [6, 6.07) is 13.2. The molecule has 0 bridgehead atoms. The number of rotatable bonds is 5. The van der Waals surface area contributed by atoms with E-state index in [2.05, 4.69) is 30.2 Å². The summed E-state index contributed by atoms with van der Waals surface area (Å²) in [6.07, 6.45) is 3.66. The number of aromatic amines is 1. The molecule has 0 aliphatic carbocycles. The predicted octanol–water partition coefficient (Wildman–Crippen LogP) is 3.75. The number of fused-ring (bicyclic) bond motifs is 2. The van der Waals surface area contributed by atoms with Crippen molar-refractivity contribution >= 4 is 28.0 Å². The summed E-state index contributed by atoms with van der Waals surface area (Å²) in [4.78, 5) is 33.8. The van der Waals surface area contributed by atoms with Gasteiger partial charge in [-0.15, -0.1) is 0 Å². The molecule has 0 unspecified atom stereocenters. The molecule has 5 rings (SSSR count). The van der Waals surface area contributed by atoms with Gasteiger partial charge < -0.3 is 10.3 Å². The molecule has 2 N–H and O–H groups in total. The van der Waals surface area contributed by atoms with Crippen LogP contribution in [0.2, 0.25) is 0 Å². The van der Waals surface area contributed by atoms with E-state index in [0.717, 1.165) is 0 Å². The Balaban J connectivity index is 1.70. The van der Waals surface area contributed by atoms with Gasteiger partial charge >= 0.3 is 0 Å². The molecular formula is C22H18FN7O. The van der Waals surface area contributed by atoms with E-state index in [0.29, 0.717) is 40.6 Å². The highest BCUT2D eigenvalue weighted by atomic mass is 19.1. The monoisotopic (exact) mass is 415 g/mol. The van der Waals surface area contributed by atoms with Crippen molar-refractivity contribution in [2.24, 2.45) is 0 Å². The molecule has 3 aromatic heterocycles. The fourth-order valence-electron chi connectivity index (χ4n) is 3.61. The van der Waals surface area contributed by atoms with Crippen molar-refractivity contribution in [3.8, 4) is 5.69 Å². The Kier molecular flexibility index (Phi) is 4.62. The molecule has 9 heteroatoms. The zero-order chi connectivity index (χ0) is 21.4. The maximum absolute atomic E-state index is 14.5. The van der Waals surface area contributed by atoms with Gasteiger partial charge in [0.1, 0.15) is 28.9 Å². The molecule has 2 aromatic carbocycles. The third-order valence-electron chi connectivity index (χ3n) is 5.08. The minimum atomic E-state index is -0.594. The molecule has 0 saturated heterocycles. The number of aromatic nitrogens is 6. The first-order valence-corrected chi connectivity index (χ1v) is 9.84. The molecule has 0 spiro atoms. The van der Waals surface area contributed by atoms with Gasteiger partial charge in [-0.1, -0.05) is 31.2 Å². The maximum Gasteiger partial charge on any atom is 0.269 e. The van der Waals surface area contributed by atoms with Crippen LogP contribution in [-0.2, 0) is 0 Å². The standard InChI is InChI=1S/C22H18FN7O/c1-2-15(27-22-28-17-11-24-12-25-19(17)29-22)20-26-16-10-6-9-14(23)18(16)21(31)30(20)13-7-4-3-5-8-13/h3-12,15H,2H2,1H3,(H2,24,25,27,28,29)/t15-/m0/s1. The summed E-state index contributed by atoms with van der Waals surface area (Å²) < 4.78 is 16.0. The third-order valence-corrected chi connectivity index (χ3v) is 5.08. The van der Waals surface area contributed by atoms with E-state index in [1.807, 2.05) is 25.1 Å². The number of H-pyrrole nitrogens is 1. The lowest BCUT2D eigenvalue weighted by Gasteiger charge is -2.21. The van der Waals surface area contributed by atoms with Gasteiger partial charge in [-0.2, -0.15) is 4.98 Å². The third kappa shape index (κ3) is 3.29. The zero-order valence-electron chi connectivity index (χ0n) is 16.6. The van der Waals surface area contributed by atoms with E-state index in [9.17, 15) is 9.18 Å². The molecule has 5 aromatic rings. The zero-order valence-corrected chi connectivity index (χ0v) is 16.6. The SMILES string of the molecule is CC[C@H](Nc1nc2ncncc2[nH]1)c1nc2cccc(F)c2c(=O)n1-c1ccccc1. The van der Waals surface area contributed by atoms with Gasteiger partial charge in [0, 0.05) is 0 Å². The van der Waals surface area contributed by atoms with Crippen molar-refractivity contribution in [1.82, 2.24) is 29.5 Å². The first-order valence-electron chi connectivity index (χ1n) is 9.84. The topological polar surface area (TPSA) is 101 Å². The maximum atomic E-state index is 14.5. The summed E-state index contributed by atoms with van der Waals surface area (Å²) in [5.74, 6) is 0.349. The number of nitrogens with one attached hydrogen (secondary N) is 2. The number of halogens is 1. The smallest absolute Gasteiger partial charge is 0.269 e. The van der Waals surface area contributed by atoms with Crippen LogP contribution in [0.5, 0.6) is 0 Å². The lowest BCUT2D eigenvalue weighted by molar-refractivity contribution is 0.629. The molecule has 0 fully saturated rings. The Labute approximate surface area is 175 Å². The summed E-state index contributed by atoms with van der Waals surface area (Å²) in [6.45, 7) is 1.97. The van der Waals surface area contributed by atoms with E-state index in [-0.39, 0.29) is 11.4 Å². The molecule has 31 heavy (non-hydrogen) atoms. The van der Waals surface area contributed by atoms with Crippen molar-refractivity contribution in [1.29, 1.82) is 0 Å². The van der Waals surface area contributed by atoms with Gasteiger partial charge in [-0.05, 0) is 30.7 Å². The molecule has 3 heterocycles. The van der Waals surface area contributed by atoms with Gasteiger partial charge in [-0.25, -0.2) is 19.3 Å². The number of anilines is 1. The molecule has 8 nitrogen and oxygen atoms in total. The lowest BCUT2D eigenvalue weighted by Crippen LogP contribution is -2.28. The van der Waals surface area contributed by atoms with Crippen LogP contribution in [0, 0.1) is 5.82 Å². The summed E-state index contributed by atoms with van der Waals surface area (Å²) >= 11 is 0. The van der Waals surface area contributed by atoms with Crippen LogP contribution in [0.1, 0.15) is 25.2 Å². The average molecular weight is 415 g/mol. The fourth-order valence-corrected chi connectivity index (χ4v) is 3.61. The number of hydrogen-bond donors (Lipinski definition) is 2. The molecule has 1 atom stereocenters. The van der Waals surface area contributed by atoms with E-state index >= 15 is 0 Å². The normalized spacial score (nSPS) is 12.3. The van der Waals surface area contributed by atoms with E-state index in [4.69, 9.17) is 0 Å². The van der Waals surface area contributed by atoms with Gasteiger partial charge in [0.05, 0.1) is 23.4 Å². The largest absolute Gasteiger partial charge is 0.346 e. The highest BCUT2D eigenvalue weighted by Crippen LogP contribution is 2.24. The van der Waals surface area contributed by atoms with Crippen LogP contribution in [0.15, 0.2) is 65.8 Å². The van der Waals surface area contributed by atoms with E-state index < -0.39 is 11.4 Å². The Morgan fingerprint density at radius 3 is 2.74 bits per heavy atom. The summed E-state index contributed by atoms with van der Waals surface area (Å²) in [5.41, 5.74) is 1.67. The average Bonchev–Trinajstić information content (AvgIpc) is 3.20. The summed E-state index contributed by atoms with van der Waals surface area (Å²) in [7, 11) is 0.